The molecule has 0 aromatic carbocycles. The summed E-state index contributed by atoms with van der Waals surface area (Å²) in [5, 5.41) is 6.85. The van der Waals surface area contributed by atoms with Crippen LogP contribution in [0.1, 0.15) is 25.0 Å². The Hall–Kier alpha value is -2.12. The van der Waals surface area contributed by atoms with Gasteiger partial charge in [-0.1, -0.05) is 0 Å². The van der Waals surface area contributed by atoms with Gasteiger partial charge in [0.15, 0.2) is 5.76 Å². The van der Waals surface area contributed by atoms with Crippen molar-refractivity contribution in [3.8, 4) is 11.5 Å². The predicted octanol–water partition coefficient (Wildman–Crippen LogP) is 1.88. The summed E-state index contributed by atoms with van der Waals surface area (Å²) in [6.07, 6.45) is 4.76. The van der Waals surface area contributed by atoms with Crippen LogP contribution in [0.3, 0.4) is 0 Å². The van der Waals surface area contributed by atoms with E-state index in [0.29, 0.717) is 6.54 Å². The summed E-state index contributed by atoms with van der Waals surface area (Å²) in [6.45, 7) is 3.12. The molecule has 1 N–H and O–H groups in total. The monoisotopic (exact) mass is 344 g/mol. The van der Waals surface area contributed by atoms with Crippen LogP contribution in [0.5, 0.6) is 0 Å². The van der Waals surface area contributed by atoms with E-state index in [4.69, 9.17) is 9.15 Å². The Balaban J connectivity index is 1.48. The number of amides is 1. The predicted molar refractivity (Wildman–Crippen MR) is 91.7 cm³/mol. The SMILES string of the molecule is CO[C@H]1C[C@@H](C(=O)N2CCCC2)N(Cc2ccc(-c3ccn[nH]3)o2)C1. The molecule has 2 atom stereocenters. The van der Waals surface area contributed by atoms with Crippen molar-refractivity contribution >= 4 is 5.91 Å². The number of hydrogen-bond acceptors (Lipinski definition) is 5. The summed E-state index contributed by atoms with van der Waals surface area (Å²) < 4.78 is 11.5. The summed E-state index contributed by atoms with van der Waals surface area (Å²) >= 11 is 0. The Kier molecular flexibility index (Phi) is 4.59. The third kappa shape index (κ3) is 3.34. The van der Waals surface area contributed by atoms with E-state index in [1.54, 1.807) is 13.3 Å². The summed E-state index contributed by atoms with van der Waals surface area (Å²) in [4.78, 5) is 17.1. The Bertz CT molecular complexity index is 706. The minimum Gasteiger partial charge on any atom is -0.458 e. The number of carbonyl (C=O) groups is 1. The number of hydrogen-bond donors (Lipinski definition) is 1. The number of aromatic nitrogens is 2. The molecule has 2 aromatic heterocycles. The lowest BCUT2D eigenvalue weighted by atomic mass is 10.1. The molecule has 0 aliphatic carbocycles. The van der Waals surface area contributed by atoms with Crippen LogP contribution in [0.25, 0.3) is 11.5 Å². The highest BCUT2D eigenvalue weighted by atomic mass is 16.5. The second-order valence-electron chi connectivity index (χ2n) is 6.81. The van der Waals surface area contributed by atoms with E-state index in [2.05, 4.69) is 15.1 Å². The minimum absolute atomic E-state index is 0.0959. The molecular formula is C18H24N4O3. The second kappa shape index (κ2) is 7.01. The first kappa shape index (κ1) is 16.4. The van der Waals surface area contributed by atoms with Crippen LogP contribution < -0.4 is 0 Å². The zero-order chi connectivity index (χ0) is 17.2. The fraction of sp³-hybridized carbons (Fsp3) is 0.556. The molecular weight excluding hydrogens is 320 g/mol. The maximum absolute atomic E-state index is 12.9. The normalized spacial score (nSPS) is 24.3. The zero-order valence-corrected chi connectivity index (χ0v) is 14.5. The number of furan rings is 1. The average molecular weight is 344 g/mol. The molecule has 25 heavy (non-hydrogen) atoms. The van der Waals surface area contributed by atoms with Gasteiger partial charge >= 0.3 is 0 Å². The van der Waals surface area contributed by atoms with Crippen LogP contribution in [0.4, 0.5) is 0 Å². The van der Waals surface area contributed by atoms with E-state index in [-0.39, 0.29) is 18.1 Å². The highest BCUT2D eigenvalue weighted by molar-refractivity contribution is 5.82. The first-order valence-corrected chi connectivity index (χ1v) is 8.88. The van der Waals surface area contributed by atoms with Crippen LogP contribution in [0.15, 0.2) is 28.8 Å². The van der Waals surface area contributed by atoms with Crippen molar-refractivity contribution in [1.29, 1.82) is 0 Å². The van der Waals surface area contributed by atoms with E-state index in [9.17, 15) is 4.79 Å². The van der Waals surface area contributed by atoms with Gasteiger partial charge in [0.25, 0.3) is 0 Å². The maximum Gasteiger partial charge on any atom is 0.240 e. The van der Waals surface area contributed by atoms with Crippen LogP contribution in [0, 0.1) is 0 Å². The van der Waals surface area contributed by atoms with Crippen molar-refractivity contribution in [2.45, 2.75) is 38.0 Å². The molecule has 0 saturated carbocycles. The lowest BCUT2D eigenvalue weighted by molar-refractivity contribution is -0.135. The number of likely N-dealkylation sites (tertiary alicyclic amines) is 2. The van der Waals surface area contributed by atoms with Crippen molar-refractivity contribution in [3.05, 3.63) is 30.2 Å². The lowest BCUT2D eigenvalue weighted by Crippen LogP contribution is -2.44. The van der Waals surface area contributed by atoms with Crippen LogP contribution in [-0.2, 0) is 16.1 Å². The maximum atomic E-state index is 12.9. The zero-order valence-electron chi connectivity index (χ0n) is 14.5. The fourth-order valence-corrected chi connectivity index (χ4v) is 3.81. The first-order chi connectivity index (χ1) is 12.2. The van der Waals surface area contributed by atoms with Gasteiger partial charge in [0.1, 0.15) is 11.5 Å². The van der Waals surface area contributed by atoms with Crippen LogP contribution >= 0.6 is 0 Å². The molecule has 4 heterocycles. The number of rotatable bonds is 5. The smallest absolute Gasteiger partial charge is 0.240 e. The largest absolute Gasteiger partial charge is 0.458 e. The van der Waals surface area contributed by atoms with Gasteiger partial charge in [-0.15, -0.1) is 0 Å². The van der Waals surface area contributed by atoms with E-state index in [1.165, 1.54) is 0 Å². The number of H-pyrrole nitrogens is 1. The average Bonchev–Trinajstić information content (AvgIpc) is 3.39. The highest BCUT2D eigenvalue weighted by Crippen LogP contribution is 2.27. The number of nitrogens with one attached hydrogen (secondary N) is 1. The van der Waals surface area contributed by atoms with Crippen molar-refractivity contribution in [3.63, 3.8) is 0 Å². The minimum atomic E-state index is -0.122. The summed E-state index contributed by atoms with van der Waals surface area (Å²) in [7, 11) is 1.72. The molecule has 134 valence electrons. The second-order valence-corrected chi connectivity index (χ2v) is 6.81. The van der Waals surface area contributed by atoms with Gasteiger partial charge in [0, 0.05) is 32.9 Å². The Morgan fingerprint density at radius 2 is 2.20 bits per heavy atom. The molecule has 0 radical (unpaired) electrons. The summed E-state index contributed by atoms with van der Waals surface area (Å²) in [5.41, 5.74) is 0.854. The van der Waals surface area contributed by atoms with Gasteiger partial charge in [-0.25, -0.2) is 0 Å². The highest BCUT2D eigenvalue weighted by Gasteiger charge is 2.39. The Morgan fingerprint density at radius 1 is 1.36 bits per heavy atom. The molecule has 0 bridgehead atoms. The van der Waals surface area contributed by atoms with Crippen molar-refractivity contribution in [1.82, 2.24) is 20.0 Å². The molecule has 0 unspecified atom stereocenters. The lowest BCUT2D eigenvalue weighted by Gasteiger charge is -2.26. The molecule has 2 aromatic rings. The topological polar surface area (TPSA) is 74.6 Å². The van der Waals surface area contributed by atoms with Gasteiger partial charge in [-0.2, -0.15) is 5.10 Å². The number of methoxy groups -OCH3 is 1. The van der Waals surface area contributed by atoms with E-state index in [1.807, 2.05) is 23.1 Å². The van der Waals surface area contributed by atoms with Crippen molar-refractivity contribution < 1.29 is 13.9 Å². The Morgan fingerprint density at radius 3 is 2.92 bits per heavy atom. The molecule has 7 heteroatoms. The number of aromatic amines is 1. The molecule has 2 aliphatic rings. The third-order valence-electron chi connectivity index (χ3n) is 5.19. The molecule has 2 saturated heterocycles. The molecule has 2 fully saturated rings. The molecule has 4 rings (SSSR count). The van der Waals surface area contributed by atoms with Gasteiger partial charge in [-0.05, 0) is 37.5 Å². The van der Waals surface area contributed by atoms with E-state index < -0.39 is 0 Å². The Labute approximate surface area is 146 Å². The molecule has 2 aliphatic heterocycles. The van der Waals surface area contributed by atoms with E-state index >= 15 is 0 Å². The number of nitrogens with zero attached hydrogens (tertiary/aromatic N) is 3. The van der Waals surface area contributed by atoms with Crippen LogP contribution in [0.2, 0.25) is 0 Å². The summed E-state index contributed by atoms with van der Waals surface area (Å²) in [6, 6.07) is 5.65. The fourth-order valence-electron chi connectivity index (χ4n) is 3.81. The van der Waals surface area contributed by atoms with Crippen molar-refractivity contribution in [2.24, 2.45) is 0 Å². The standard InChI is InChI=1S/C18H24N4O3/c1-24-14-10-16(18(23)21-8-2-3-9-21)22(12-14)11-13-4-5-17(25-13)15-6-7-19-20-15/h4-7,14,16H,2-3,8-12H2,1H3,(H,19,20)/t14-,16-/m0/s1. The van der Waals surface area contributed by atoms with Crippen LogP contribution in [-0.4, -0.2) is 64.8 Å². The van der Waals surface area contributed by atoms with Gasteiger partial charge in [0.05, 0.1) is 18.7 Å². The van der Waals surface area contributed by atoms with Gasteiger partial charge < -0.3 is 14.1 Å². The van der Waals surface area contributed by atoms with Crippen molar-refractivity contribution in [2.75, 3.05) is 26.7 Å². The quantitative estimate of drug-likeness (QED) is 0.896. The number of carbonyl (C=O) groups excluding carboxylic acids is 1. The van der Waals surface area contributed by atoms with E-state index in [0.717, 1.165) is 56.1 Å². The third-order valence-corrected chi connectivity index (χ3v) is 5.19. The molecule has 7 nitrogen and oxygen atoms in total. The first-order valence-electron chi connectivity index (χ1n) is 8.88. The number of ether oxygens (including phenoxy) is 1. The summed E-state index contributed by atoms with van der Waals surface area (Å²) in [5.74, 6) is 1.84. The molecule has 1 amide bonds. The van der Waals surface area contributed by atoms with Gasteiger partial charge in [-0.3, -0.25) is 14.8 Å². The molecule has 0 spiro atoms. The van der Waals surface area contributed by atoms with Gasteiger partial charge in [0.2, 0.25) is 5.91 Å².